The molecule has 1 fully saturated rings. The summed E-state index contributed by atoms with van der Waals surface area (Å²) in [6, 6.07) is 2.13. The van der Waals surface area contributed by atoms with E-state index < -0.39 is 6.10 Å². The number of allylic oxidation sites excluding steroid dienone is 3. The van der Waals surface area contributed by atoms with Gasteiger partial charge in [0, 0.05) is 27.2 Å². The zero-order valence-electron chi connectivity index (χ0n) is 18.3. The normalized spacial score (nSPS) is 22.5. The zero-order valence-corrected chi connectivity index (χ0v) is 20.7. The van der Waals surface area contributed by atoms with Gasteiger partial charge in [-0.05, 0) is 85.7 Å². The average molecular weight is 515 g/mol. The van der Waals surface area contributed by atoms with Crippen LogP contribution in [0.5, 0.6) is 0 Å². The molecule has 7 heteroatoms. The van der Waals surface area contributed by atoms with E-state index in [-0.39, 0.29) is 30.5 Å². The molecule has 0 bridgehead atoms. The van der Waals surface area contributed by atoms with E-state index in [4.69, 9.17) is 5.11 Å². The van der Waals surface area contributed by atoms with Crippen LogP contribution in [0, 0.1) is 18.8 Å². The van der Waals surface area contributed by atoms with Crippen LogP contribution >= 0.6 is 27.3 Å². The van der Waals surface area contributed by atoms with Crippen molar-refractivity contribution >= 4 is 33.2 Å². The van der Waals surface area contributed by atoms with Crippen LogP contribution < -0.4 is 5.32 Å². The molecule has 1 amide bonds. The number of unbranched alkanes of at least 4 members (excludes halogenated alkanes) is 1. The van der Waals surface area contributed by atoms with E-state index in [1.54, 1.807) is 11.3 Å². The van der Waals surface area contributed by atoms with E-state index >= 15 is 0 Å². The molecule has 1 saturated carbocycles. The van der Waals surface area contributed by atoms with Crippen molar-refractivity contribution in [3.8, 4) is 0 Å². The molecule has 1 aromatic heterocycles. The Balaban J connectivity index is 1.71. The number of amides is 1. The highest BCUT2D eigenvalue weighted by Gasteiger charge is 2.32. The molecule has 1 aliphatic rings. The monoisotopic (exact) mass is 513 g/mol. The maximum Gasteiger partial charge on any atom is 0.220 e. The van der Waals surface area contributed by atoms with Gasteiger partial charge in [0.15, 0.2) is 0 Å². The minimum absolute atomic E-state index is 0.0285. The summed E-state index contributed by atoms with van der Waals surface area (Å²) in [6.45, 7) is 2.36. The quantitative estimate of drug-likeness (QED) is 0.234. The lowest BCUT2D eigenvalue weighted by atomic mass is 9.90. The predicted molar refractivity (Wildman–Crippen MR) is 130 cm³/mol. The van der Waals surface area contributed by atoms with Crippen molar-refractivity contribution in [3.05, 3.63) is 44.6 Å². The van der Waals surface area contributed by atoms with E-state index in [0.29, 0.717) is 19.4 Å². The van der Waals surface area contributed by atoms with Crippen molar-refractivity contribution in [1.82, 2.24) is 5.32 Å². The van der Waals surface area contributed by atoms with Crippen LogP contribution in [0.3, 0.4) is 0 Å². The summed E-state index contributed by atoms with van der Waals surface area (Å²) in [7, 11) is 0. The van der Waals surface area contributed by atoms with Gasteiger partial charge in [-0.1, -0.05) is 24.3 Å². The number of aliphatic hydroxyl groups is 3. The molecule has 2 rings (SSSR count). The van der Waals surface area contributed by atoms with Crippen LogP contribution in [-0.2, 0) is 11.2 Å². The summed E-state index contributed by atoms with van der Waals surface area (Å²) in [4.78, 5) is 14.0. The van der Waals surface area contributed by atoms with Gasteiger partial charge in [-0.2, -0.15) is 0 Å². The van der Waals surface area contributed by atoms with E-state index in [9.17, 15) is 15.0 Å². The van der Waals surface area contributed by atoms with Crippen LogP contribution in [0.4, 0.5) is 0 Å². The van der Waals surface area contributed by atoms with Gasteiger partial charge in [-0.15, -0.1) is 11.3 Å². The Kier molecular flexibility index (Phi) is 12.0. The highest BCUT2D eigenvalue weighted by molar-refractivity contribution is 9.10. The number of carbonyl (C=O) groups excluding carboxylic acids is 1. The molecule has 1 aromatic rings. The number of hydrogen-bond donors (Lipinski definition) is 4. The molecule has 0 aliphatic heterocycles. The van der Waals surface area contributed by atoms with Crippen LogP contribution in [0.25, 0.3) is 0 Å². The highest BCUT2D eigenvalue weighted by Crippen LogP contribution is 2.36. The van der Waals surface area contributed by atoms with E-state index in [0.717, 1.165) is 43.0 Å². The standard InChI is InChI=1S/C24H36BrNO4S/c1-17-22(25)16-20(31-17)12-11-19(28)10-8-18-9-13-23(29)21(18)6-4-2-3-5-7-24(30)26-14-15-27/h2,4,8,10,16,18-19,21,23,27-29H,3,5-7,9,11-15H2,1H3,(H,26,30)/b4-2-,10-8+/t18-,19+,21+,23?/m0/s1. The van der Waals surface area contributed by atoms with Gasteiger partial charge in [0.2, 0.25) is 5.91 Å². The number of aryl methyl sites for hydroxylation is 2. The van der Waals surface area contributed by atoms with Gasteiger partial charge in [0.25, 0.3) is 0 Å². The second-order valence-corrected chi connectivity index (χ2v) is 10.4. The van der Waals surface area contributed by atoms with Crippen molar-refractivity contribution in [3.63, 3.8) is 0 Å². The molecule has 0 spiro atoms. The van der Waals surface area contributed by atoms with Gasteiger partial charge >= 0.3 is 0 Å². The molecule has 0 aromatic carbocycles. The summed E-state index contributed by atoms with van der Waals surface area (Å²) in [6.07, 6.45) is 13.6. The van der Waals surface area contributed by atoms with E-state index in [1.165, 1.54) is 9.75 Å². The molecule has 1 unspecified atom stereocenters. The van der Waals surface area contributed by atoms with Gasteiger partial charge < -0.3 is 20.6 Å². The number of rotatable bonds is 13. The molecule has 5 nitrogen and oxygen atoms in total. The molecule has 1 aliphatic carbocycles. The molecule has 4 atom stereocenters. The lowest BCUT2D eigenvalue weighted by molar-refractivity contribution is -0.121. The maximum absolute atomic E-state index is 11.5. The van der Waals surface area contributed by atoms with Crippen molar-refractivity contribution in [1.29, 1.82) is 0 Å². The SMILES string of the molecule is Cc1sc(CC[C@H](O)/C=C/[C@H]2CCC(O)[C@@H]2C/C=C\CCCC(=O)NCCO)cc1Br. The molecular formula is C24H36BrNO4S. The number of nitrogens with one attached hydrogen (secondary N) is 1. The Morgan fingerprint density at radius 1 is 1.39 bits per heavy atom. The summed E-state index contributed by atoms with van der Waals surface area (Å²) in [5.74, 6) is 0.444. The third-order valence-corrected chi connectivity index (χ3v) is 8.00. The second kappa shape index (κ2) is 14.2. The molecular weight excluding hydrogens is 478 g/mol. The van der Waals surface area contributed by atoms with Gasteiger partial charge in [-0.3, -0.25) is 4.79 Å². The fraction of sp³-hybridized carbons (Fsp3) is 0.625. The van der Waals surface area contributed by atoms with E-state index in [2.05, 4.69) is 52.5 Å². The number of aliphatic hydroxyl groups excluding tert-OH is 3. The highest BCUT2D eigenvalue weighted by atomic mass is 79.9. The largest absolute Gasteiger partial charge is 0.395 e. The second-order valence-electron chi connectivity index (χ2n) is 8.25. The van der Waals surface area contributed by atoms with Crippen LogP contribution in [0.1, 0.15) is 54.7 Å². The van der Waals surface area contributed by atoms with Gasteiger partial charge in [0.1, 0.15) is 0 Å². The summed E-state index contributed by atoms with van der Waals surface area (Å²) >= 11 is 5.30. The Morgan fingerprint density at radius 3 is 2.90 bits per heavy atom. The topological polar surface area (TPSA) is 89.8 Å². The Labute approximate surface area is 198 Å². The zero-order chi connectivity index (χ0) is 22.6. The lowest BCUT2D eigenvalue weighted by Crippen LogP contribution is -2.25. The minimum atomic E-state index is -0.466. The minimum Gasteiger partial charge on any atom is -0.395 e. The third kappa shape index (κ3) is 9.58. The Hall–Kier alpha value is -0.990. The summed E-state index contributed by atoms with van der Waals surface area (Å²) in [5, 5.41) is 32.0. The Morgan fingerprint density at radius 2 is 2.19 bits per heavy atom. The molecule has 0 radical (unpaired) electrons. The number of hydrogen-bond acceptors (Lipinski definition) is 5. The first kappa shape index (κ1) is 26.3. The fourth-order valence-corrected chi connectivity index (χ4v) is 5.60. The number of thiophene rings is 1. The third-order valence-electron chi connectivity index (χ3n) is 5.80. The van der Waals surface area contributed by atoms with Gasteiger partial charge in [0.05, 0.1) is 18.8 Å². The van der Waals surface area contributed by atoms with Gasteiger partial charge in [-0.25, -0.2) is 0 Å². The molecule has 174 valence electrons. The van der Waals surface area contributed by atoms with Crippen molar-refractivity contribution < 1.29 is 20.1 Å². The fourth-order valence-electron chi connectivity index (χ4n) is 3.98. The molecule has 0 saturated heterocycles. The lowest BCUT2D eigenvalue weighted by Gasteiger charge is -2.18. The predicted octanol–water partition coefficient (Wildman–Crippen LogP) is 4.28. The van der Waals surface area contributed by atoms with E-state index in [1.807, 2.05) is 6.08 Å². The van der Waals surface area contributed by atoms with Crippen LogP contribution in [0.2, 0.25) is 0 Å². The van der Waals surface area contributed by atoms with Crippen LogP contribution in [0.15, 0.2) is 34.8 Å². The first-order chi connectivity index (χ1) is 14.9. The summed E-state index contributed by atoms with van der Waals surface area (Å²) in [5.41, 5.74) is 0. The van der Waals surface area contributed by atoms with Crippen LogP contribution in [-0.4, -0.2) is 46.6 Å². The first-order valence-electron chi connectivity index (χ1n) is 11.2. The molecule has 31 heavy (non-hydrogen) atoms. The first-order valence-corrected chi connectivity index (χ1v) is 12.8. The number of halogens is 1. The van der Waals surface area contributed by atoms with Crippen molar-refractivity contribution in [2.24, 2.45) is 11.8 Å². The molecule has 1 heterocycles. The maximum atomic E-state index is 11.5. The average Bonchev–Trinajstić information content (AvgIpc) is 3.26. The van der Waals surface area contributed by atoms with Crippen molar-refractivity contribution in [2.75, 3.05) is 13.2 Å². The summed E-state index contributed by atoms with van der Waals surface area (Å²) < 4.78 is 1.14. The smallest absolute Gasteiger partial charge is 0.220 e. The Bertz CT molecular complexity index is 714. The molecule has 4 N–H and O–H groups in total. The number of carbonyl (C=O) groups is 1. The van der Waals surface area contributed by atoms with Crippen molar-refractivity contribution in [2.45, 2.75) is 70.5 Å².